The fourth-order valence-corrected chi connectivity index (χ4v) is 5.65. The second kappa shape index (κ2) is 9.61. The van der Waals surface area contributed by atoms with Crippen LogP contribution in [0.1, 0.15) is 56.6 Å². The Morgan fingerprint density at radius 1 is 1.23 bits per heavy atom. The number of fused-ring (bicyclic) bond motifs is 2. The Bertz CT molecular complexity index is 752. The van der Waals surface area contributed by atoms with E-state index in [2.05, 4.69) is 44.8 Å². The van der Waals surface area contributed by atoms with Crippen molar-refractivity contribution in [1.82, 2.24) is 15.5 Å². The first-order chi connectivity index (χ1) is 14.2. The van der Waals surface area contributed by atoms with Crippen LogP contribution in [0.4, 0.5) is 0 Å². The Balaban J connectivity index is 0.00000218. The number of rotatable bonds is 3. The first-order valence-corrected chi connectivity index (χ1v) is 11.4. The van der Waals surface area contributed by atoms with Gasteiger partial charge in [-0.15, -0.1) is 24.0 Å². The van der Waals surface area contributed by atoms with E-state index in [1.54, 1.807) is 0 Å². The van der Waals surface area contributed by atoms with Crippen LogP contribution in [0.2, 0.25) is 0 Å². The van der Waals surface area contributed by atoms with Crippen molar-refractivity contribution >= 4 is 29.9 Å². The number of aliphatic imine (C=N–C) groups is 1. The zero-order chi connectivity index (χ0) is 19.7. The van der Waals surface area contributed by atoms with Gasteiger partial charge in [-0.1, -0.05) is 18.2 Å². The smallest absolute Gasteiger partial charge is 0.191 e. The standard InChI is InChI=1S/C23H34N4O2.HI/c1-24-22(25-14-18-15-27-12-6-7-17(27)16-28-18)26-20-13-23(10-4-5-11-23)29-21-9-3-2-8-19(20)21;/h2-3,8-9,17-18,20H,4-7,10-16H2,1H3,(H2,24,25,26);1H. The summed E-state index contributed by atoms with van der Waals surface area (Å²) in [6.45, 7) is 3.91. The van der Waals surface area contributed by atoms with E-state index in [0.717, 1.165) is 50.7 Å². The lowest BCUT2D eigenvalue weighted by molar-refractivity contribution is -0.0453. The van der Waals surface area contributed by atoms with Gasteiger partial charge >= 0.3 is 0 Å². The quantitative estimate of drug-likeness (QED) is 0.359. The molecule has 3 aliphatic heterocycles. The van der Waals surface area contributed by atoms with Crippen molar-refractivity contribution in [2.45, 2.75) is 68.7 Å². The third kappa shape index (κ3) is 4.58. The molecule has 1 aromatic rings. The molecule has 4 aliphatic rings. The molecule has 0 radical (unpaired) electrons. The van der Waals surface area contributed by atoms with Gasteiger partial charge in [0.25, 0.3) is 0 Å². The average molecular weight is 526 g/mol. The minimum atomic E-state index is -0.0118. The van der Waals surface area contributed by atoms with Gasteiger partial charge in [-0.05, 0) is 51.1 Å². The number of benzene rings is 1. The van der Waals surface area contributed by atoms with Crippen molar-refractivity contribution in [3.63, 3.8) is 0 Å². The number of halogens is 1. The predicted octanol–water partition coefficient (Wildman–Crippen LogP) is 3.47. The fourth-order valence-electron chi connectivity index (χ4n) is 5.65. The minimum absolute atomic E-state index is 0. The topological polar surface area (TPSA) is 58.1 Å². The number of nitrogens with one attached hydrogen (secondary N) is 2. The van der Waals surface area contributed by atoms with Crippen molar-refractivity contribution in [3.05, 3.63) is 29.8 Å². The molecule has 7 heteroatoms. The largest absolute Gasteiger partial charge is 0.487 e. The summed E-state index contributed by atoms with van der Waals surface area (Å²) in [6, 6.07) is 9.33. The Hall–Kier alpha value is -1.06. The van der Waals surface area contributed by atoms with Gasteiger partial charge in [0, 0.05) is 38.2 Å². The number of guanidine groups is 1. The maximum Gasteiger partial charge on any atom is 0.191 e. The highest BCUT2D eigenvalue weighted by atomic mass is 127. The normalized spacial score (nSPS) is 30.2. The molecule has 0 amide bonds. The van der Waals surface area contributed by atoms with E-state index in [-0.39, 0.29) is 41.7 Å². The Kier molecular flexibility index (Phi) is 7.09. The monoisotopic (exact) mass is 526 g/mol. The number of hydrogen-bond acceptors (Lipinski definition) is 4. The number of nitrogens with zero attached hydrogens (tertiary/aromatic N) is 2. The molecule has 166 valence electrons. The first kappa shape index (κ1) is 22.1. The summed E-state index contributed by atoms with van der Waals surface area (Å²) in [7, 11) is 1.85. The Labute approximate surface area is 197 Å². The molecule has 5 rings (SSSR count). The van der Waals surface area contributed by atoms with Gasteiger partial charge in [-0.2, -0.15) is 0 Å². The van der Waals surface area contributed by atoms with Crippen LogP contribution in [-0.4, -0.2) is 61.9 Å². The van der Waals surface area contributed by atoms with Crippen LogP contribution in [0.15, 0.2) is 29.3 Å². The molecule has 1 aromatic carbocycles. The lowest BCUT2D eigenvalue weighted by Crippen LogP contribution is -2.52. The summed E-state index contributed by atoms with van der Waals surface area (Å²) >= 11 is 0. The molecule has 3 atom stereocenters. The molecule has 1 spiro atoms. The van der Waals surface area contributed by atoms with Gasteiger partial charge in [0.05, 0.1) is 18.8 Å². The lowest BCUT2D eigenvalue weighted by Gasteiger charge is -2.40. The average Bonchev–Trinajstić information content (AvgIpc) is 3.40. The molecule has 2 N–H and O–H groups in total. The summed E-state index contributed by atoms with van der Waals surface area (Å²) < 4.78 is 12.6. The summed E-state index contributed by atoms with van der Waals surface area (Å²) in [5.41, 5.74) is 1.23. The van der Waals surface area contributed by atoms with Crippen LogP contribution in [-0.2, 0) is 4.74 Å². The zero-order valence-corrected chi connectivity index (χ0v) is 20.3. The van der Waals surface area contributed by atoms with E-state index in [0.29, 0.717) is 6.04 Å². The second-order valence-corrected chi connectivity index (χ2v) is 9.13. The second-order valence-electron chi connectivity index (χ2n) is 9.13. The van der Waals surface area contributed by atoms with Crippen molar-refractivity contribution in [3.8, 4) is 5.75 Å². The maximum absolute atomic E-state index is 6.50. The molecule has 0 aromatic heterocycles. The molecule has 1 saturated carbocycles. The lowest BCUT2D eigenvalue weighted by atomic mass is 9.86. The number of hydrogen-bond donors (Lipinski definition) is 2. The fraction of sp³-hybridized carbons (Fsp3) is 0.696. The minimum Gasteiger partial charge on any atom is -0.487 e. The maximum atomic E-state index is 6.50. The number of morpholine rings is 1. The molecule has 3 unspecified atom stereocenters. The summed E-state index contributed by atoms with van der Waals surface area (Å²) in [5, 5.41) is 7.21. The van der Waals surface area contributed by atoms with Gasteiger partial charge in [0.2, 0.25) is 0 Å². The molecule has 1 aliphatic carbocycles. The molecule has 0 bridgehead atoms. The summed E-state index contributed by atoms with van der Waals surface area (Å²) in [4.78, 5) is 7.09. The van der Waals surface area contributed by atoms with Gasteiger partial charge in [0.1, 0.15) is 11.4 Å². The third-order valence-corrected chi connectivity index (χ3v) is 7.21. The highest BCUT2D eigenvalue weighted by Gasteiger charge is 2.43. The van der Waals surface area contributed by atoms with Gasteiger partial charge in [-0.3, -0.25) is 9.89 Å². The third-order valence-electron chi connectivity index (χ3n) is 7.21. The van der Waals surface area contributed by atoms with Crippen molar-refractivity contribution < 1.29 is 9.47 Å². The van der Waals surface area contributed by atoms with E-state index in [1.807, 2.05) is 7.05 Å². The van der Waals surface area contributed by atoms with E-state index in [9.17, 15) is 0 Å². The molecular formula is C23H35IN4O2. The molecule has 6 nitrogen and oxygen atoms in total. The van der Waals surface area contributed by atoms with Crippen LogP contribution in [0.3, 0.4) is 0 Å². The van der Waals surface area contributed by atoms with Crippen LogP contribution >= 0.6 is 24.0 Å². The SMILES string of the molecule is CN=C(NCC1CN2CCCC2CO1)NC1CC2(CCCC2)Oc2ccccc21.I. The van der Waals surface area contributed by atoms with Gasteiger partial charge < -0.3 is 20.1 Å². The van der Waals surface area contributed by atoms with Crippen molar-refractivity contribution in [1.29, 1.82) is 0 Å². The molecule has 2 saturated heterocycles. The van der Waals surface area contributed by atoms with Crippen LogP contribution in [0, 0.1) is 0 Å². The number of para-hydroxylation sites is 1. The molecule has 3 heterocycles. The van der Waals surface area contributed by atoms with Crippen molar-refractivity contribution in [2.24, 2.45) is 4.99 Å². The van der Waals surface area contributed by atoms with Crippen molar-refractivity contribution in [2.75, 3.05) is 33.3 Å². The van der Waals surface area contributed by atoms with Gasteiger partial charge in [0.15, 0.2) is 5.96 Å². The van der Waals surface area contributed by atoms with E-state index in [1.165, 1.54) is 37.8 Å². The van der Waals surface area contributed by atoms with Crippen LogP contribution in [0.5, 0.6) is 5.75 Å². The van der Waals surface area contributed by atoms with E-state index >= 15 is 0 Å². The van der Waals surface area contributed by atoms with E-state index in [4.69, 9.17) is 9.47 Å². The van der Waals surface area contributed by atoms with Crippen LogP contribution < -0.4 is 15.4 Å². The van der Waals surface area contributed by atoms with Gasteiger partial charge in [-0.25, -0.2) is 0 Å². The Morgan fingerprint density at radius 3 is 2.90 bits per heavy atom. The molecular weight excluding hydrogens is 491 g/mol. The Morgan fingerprint density at radius 2 is 2.07 bits per heavy atom. The summed E-state index contributed by atoms with van der Waals surface area (Å²) in [5.74, 6) is 1.89. The highest BCUT2D eigenvalue weighted by Crippen LogP contribution is 2.46. The zero-order valence-electron chi connectivity index (χ0n) is 17.9. The van der Waals surface area contributed by atoms with Crippen LogP contribution in [0.25, 0.3) is 0 Å². The molecule has 3 fully saturated rings. The summed E-state index contributed by atoms with van der Waals surface area (Å²) in [6.07, 6.45) is 8.65. The molecule has 30 heavy (non-hydrogen) atoms. The predicted molar refractivity (Wildman–Crippen MR) is 130 cm³/mol. The first-order valence-electron chi connectivity index (χ1n) is 11.4. The number of ether oxygens (including phenoxy) is 2. The van der Waals surface area contributed by atoms with E-state index < -0.39 is 0 Å². The highest BCUT2D eigenvalue weighted by molar-refractivity contribution is 14.0.